The Kier molecular flexibility index (Phi) is 46.1. The molecule has 0 aliphatic rings. The van der Waals surface area contributed by atoms with Crippen LogP contribution >= 0.6 is 0 Å². The summed E-state index contributed by atoms with van der Waals surface area (Å²) in [4.78, 5) is 37.1. The van der Waals surface area contributed by atoms with E-state index in [4.69, 9.17) is 14.2 Å². The minimum Gasteiger partial charge on any atom is -0.544 e. The van der Waals surface area contributed by atoms with Crippen LogP contribution in [0.2, 0.25) is 0 Å². The molecule has 0 radical (unpaired) electrons. The van der Waals surface area contributed by atoms with Crippen molar-refractivity contribution in [3.05, 3.63) is 12.2 Å². The number of likely N-dealkylation sites (N-methyl/N-ethyl adjacent to an activating group) is 1. The standard InChI is InChI=1S/C56H107NO7/c1-6-8-10-12-14-16-18-20-22-24-26-27-29-30-32-34-36-38-40-42-44-46-54(58)63-51-52(50-62-49-48-53(56(60)61)57(3,4)5)64-55(59)47-45-43-41-39-37-35-33-31-28-25-23-21-19-17-15-13-11-9-7-2/h27,29,52-53H,6-26,28,30-51H2,1-5H3/b29-27+. The lowest BCUT2D eigenvalue weighted by Gasteiger charge is -2.34. The minimum atomic E-state index is -1.12. The van der Waals surface area contributed by atoms with Gasteiger partial charge in [0.2, 0.25) is 0 Å². The fraction of sp³-hybridized carbons (Fsp3) is 0.911. The van der Waals surface area contributed by atoms with Gasteiger partial charge in [0, 0.05) is 19.3 Å². The lowest BCUT2D eigenvalue weighted by Crippen LogP contribution is -2.55. The first kappa shape index (κ1) is 62.1. The Bertz CT molecular complexity index is 1060. The van der Waals surface area contributed by atoms with Gasteiger partial charge in [0.25, 0.3) is 0 Å². The van der Waals surface area contributed by atoms with Crippen LogP contribution in [-0.4, -0.2) is 75.5 Å². The number of allylic oxidation sites excluding steroid dienone is 2. The summed E-state index contributed by atoms with van der Waals surface area (Å²) in [6, 6.07) is -0.723. The number of ether oxygens (including phenoxy) is 3. The van der Waals surface area contributed by atoms with Crippen LogP contribution in [0.3, 0.4) is 0 Å². The maximum Gasteiger partial charge on any atom is 0.306 e. The summed E-state index contributed by atoms with van der Waals surface area (Å²) in [7, 11) is 5.43. The van der Waals surface area contributed by atoms with Gasteiger partial charge >= 0.3 is 11.9 Å². The number of carboxylic acid groups (broad SMARTS) is 1. The number of carboxylic acids is 1. The van der Waals surface area contributed by atoms with E-state index in [0.29, 0.717) is 12.8 Å². The third-order valence-corrected chi connectivity index (χ3v) is 12.9. The van der Waals surface area contributed by atoms with Crippen molar-refractivity contribution in [3.63, 3.8) is 0 Å². The Morgan fingerprint density at radius 3 is 1.12 bits per heavy atom. The molecular weight excluding hydrogens is 799 g/mol. The van der Waals surface area contributed by atoms with Crippen LogP contribution in [0, 0.1) is 0 Å². The van der Waals surface area contributed by atoms with Gasteiger partial charge in [-0.2, -0.15) is 0 Å². The van der Waals surface area contributed by atoms with Gasteiger partial charge < -0.3 is 28.6 Å². The van der Waals surface area contributed by atoms with Crippen molar-refractivity contribution in [2.24, 2.45) is 0 Å². The predicted octanol–water partition coefficient (Wildman–Crippen LogP) is 14.9. The summed E-state index contributed by atoms with van der Waals surface area (Å²) < 4.78 is 17.3. The van der Waals surface area contributed by atoms with Crippen LogP contribution in [0.5, 0.6) is 0 Å². The fourth-order valence-electron chi connectivity index (χ4n) is 8.60. The van der Waals surface area contributed by atoms with Gasteiger partial charge in [0.05, 0.1) is 40.3 Å². The number of carbonyl (C=O) groups excluding carboxylic acids is 3. The first-order valence-electron chi connectivity index (χ1n) is 27.7. The van der Waals surface area contributed by atoms with Crippen LogP contribution < -0.4 is 5.11 Å². The maximum absolute atomic E-state index is 12.8. The molecule has 0 aromatic heterocycles. The molecule has 0 rings (SSSR count). The molecule has 0 bridgehead atoms. The van der Waals surface area contributed by atoms with Gasteiger partial charge in [0.15, 0.2) is 6.10 Å². The van der Waals surface area contributed by atoms with Crippen LogP contribution in [0.25, 0.3) is 0 Å². The van der Waals surface area contributed by atoms with E-state index in [2.05, 4.69) is 26.0 Å². The summed E-state index contributed by atoms with van der Waals surface area (Å²) >= 11 is 0. The molecule has 0 saturated heterocycles. The van der Waals surface area contributed by atoms with Gasteiger partial charge in [-0.15, -0.1) is 0 Å². The van der Waals surface area contributed by atoms with Crippen molar-refractivity contribution < 1.29 is 38.2 Å². The monoisotopic (exact) mass is 906 g/mol. The van der Waals surface area contributed by atoms with E-state index in [9.17, 15) is 19.5 Å². The van der Waals surface area contributed by atoms with Gasteiger partial charge in [0.1, 0.15) is 12.6 Å². The molecule has 8 heteroatoms. The number of carbonyl (C=O) groups is 3. The highest BCUT2D eigenvalue weighted by Crippen LogP contribution is 2.17. The highest BCUT2D eigenvalue weighted by Gasteiger charge is 2.25. The number of aliphatic carboxylic acids is 1. The molecule has 0 N–H and O–H groups in total. The first-order valence-corrected chi connectivity index (χ1v) is 27.7. The summed E-state index contributed by atoms with van der Waals surface area (Å²) in [5.41, 5.74) is 0. The van der Waals surface area contributed by atoms with Crippen molar-refractivity contribution in [2.45, 2.75) is 289 Å². The second-order valence-corrected chi connectivity index (χ2v) is 20.2. The number of quaternary nitrogens is 1. The average Bonchev–Trinajstić information content (AvgIpc) is 3.26. The number of nitrogens with zero attached hydrogens (tertiary/aromatic N) is 1. The normalized spacial score (nSPS) is 12.8. The lowest BCUT2D eigenvalue weighted by molar-refractivity contribution is -0.889. The van der Waals surface area contributed by atoms with Crippen LogP contribution in [-0.2, 0) is 28.6 Å². The summed E-state index contributed by atoms with van der Waals surface area (Å²) in [6.07, 6.45) is 53.9. The molecule has 2 atom stereocenters. The number of hydrogen-bond donors (Lipinski definition) is 0. The highest BCUT2D eigenvalue weighted by atomic mass is 16.6. The molecule has 0 aromatic rings. The van der Waals surface area contributed by atoms with Crippen molar-refractivity contribution in [3.8, 4) is 0 Å². The van der Waals surface area contributed by atoms with E-state index in [-0.39, 0.29) is 42.7 Å². The second kappa shape index (κ2) is 47.6. The van der Waals surface area contributed by atoms with Crippen LogP contribution in [0.15, 0.2) is 12.2 Å². The molecule has 8 nitrogen and oxygen atoms in total. The maximum atomic E-state index is 12.8. The molecule has 0 fully saturated rings. The number of hydrogen-bond acceptors (Lipinski definition) is 7. The average molecular weight is 906 g/mol. The molecule has 0 aromatic carbocycles. The molecule has 0 amide bonds. The Hall–Kier alpha value is -1.93. The third-order valence-electron chi connectivity index (χ3n) is 12.9. The SMILES string of the molecule is CCCCCCCCCCCC/C=C/CCCCCCCCCC(=O)OCC(COCCC(C(=O)[O-])[N+](C)(C)C)OC(=O)CCCCCCCCCCCCCCCCCCCCC. The van der Waals surface area contributed by atoms with E-state index in [0.717, 1.165) is 38.5 Å². The molecule has 0 saturated carbocycles. The van der Waals surface area contributed by atoms with E-state index in [1.54, 1.807) is 0 Å². The fourth-order valence-corrected chi connectivity index (χ4v) is 8.60. The first-order chi connectivity index (χ1) is 31.1. The zero-order valence-electron chi connectivity index (χ0n) is 43.2. The highest BCUT2D eigenvalue weighted by molar-refractivity contribution is 5.70. The molecule has 0 spiro atoms. The smallest absolute Gasteiger partial charge is 0.306 e. The number of esters is 2. The van der Waals surface area contributed by atoms with Gasteiger partial charge in [-0.25, -0.2) is 0 Å². The van der Waals surface area contributed by atoms with Gasteiger partial charge in [-0.05, 0) is 38.5 Å². The largest absolute Gasteiger partial charge is 0.544 e. The summed E-state index contributed by atoms with van der Waals surface area (Å²) in [5.74, 6) is -1.72. The Morgan fingerprint density at radius 1 is 0.453 bits per heavy atom. The van der Waals surface area contributed by atoms with E-state index >= 15 is 0 Å². The molecular formula is C56H107NO7. The van der Waals surface area contributed by atoms with Crippen molar-refractivity contribution in [2.75, 3.05) is 41.0 Å². The van der Waals surface area contributed by atoms with Crippen molar-refractivity contribution in [1.82, 2.24) is 0 Å². The van der Waals surface area contributed by atoms with Crippen LogP contribution in [0.4, 0.5) is 0 Å². The topological polar surface area (TPSA) is 102 Å². The zero-order chi connectivity index (χ0) is 47.0. The lowest BCUT2D eigenvalue weighted by atomic mass is 10.0. The van der Waals surface area contributed by atoms with Crippen molar-refractivity contribution in [1.29, 1.82) is 0 Å². The predicted molar refractivity (Wildman–Crippen MR) is 268 cm³/mol. The quantitative estimate of drug-likeness (QED) is 0.0259. The molecule has 64 heavy (non-hydrogen) atoms. The number of rotatable bonds is 51. The molecule has 0 aliphatic heterocycles. The Labute approximate surface area is 397 Å². The van der Waals surface area contributed by atoms with E-state index in [1.165, 1.54) is 205 Å². The molecule has 0 aliphatic carbocycles. The summed E-state index contributed by atoms with van der Waals surface area (Å²) in [6.45, 7) is 4.72. The molecule has 0 heterocycles. The minimum absolute atomic E-state index is 0.0459. The Balaban J connectivity index is 4.16. The summed E-state index contributed by atoms with van der Waals surface area (Å²) in [5, 5.41) is 11.7. The zero-order valence-corrected chi connectivity index (χ0v) is 43.2. The third kappa shape index (κ3) is 45.2. The number of unbranched alkanes of at least 4 members (excludes halogenated alkanes) is 35. The van der Waals surface area contributed by atoms with Crippen LogP contribution in [0.1, 0.15) is 277 Å². The van der Waals surface area contributed by atoms with E-state index < -0.39 is 18.1 Å². The second-order valence-electron chi connectivity index (χ2n) is 20.2. The van der Waals surface area contributed by atoms with Gasteiger partial charge in [-0.3, -0.25) is 9.59 Å². The van der Waals surface area contributed by atoms with Gasteiger partial charge in [-0.1, -0.05) is 231 Å². The van der Waals surface area contributed by atoms with E-state index in [1.807, 2.05) is 21.1 Å². The molecule has 378 valence electrons. The Morgan fingerprint density at radius 2 is 0.781 bits per heavy atom. The van der Waals surface area contributed by atoms with Crippen molar-refractivity contribution >= 4 is 17.9 Å². The molecule has 2 unspecified atom stereocenters.